The molecule has 0 radical (unpaired) electrons. The number of nitrogens with one attached hydrogen (secondary N) is 1. The number of carbonyl (C=O) groups excluding carboxylic acids is 1. The van der Waals surface area contributed by atoms with Gasteiger partial charge in [-0.2, -0.15) is 0 Å². The van der Waals surface area contributed by atoms with Crippen molar-refractivity contribution in [1.29, 1.82) is 0 Å². The quantitative estimate of drug-likeness (QED) is 0.475. The van der Waals surface area contributed by atoms with E-state index in [-0.39, 0.29) is 12.0 Å². The maximum Gasteiger partial charge on any atom is 0.307 e. The lowest BCUT2D eigenvalue weighted by molar-refractivity contribution is -0.147. The first-order valence-corrected chi connectivity index (χ1v) is 12.8. The number of aromatic nitrogens is 1. The molecule has 2 aromatic rings. The maximum atomic E-state index is 13.1. The minimum atomic E-state index is -0.886. The molecule has 2 atom stereocenters. The molecule has 0 unspecified atom stereocenters. The van der Waals surface area contributed by atoms with Gasteiger partial charge in [-0.1, -0.05) is 31.7 Å². The van der Waals surface area contributed by atoms with Crippen molar-refractivity contribution in [1.82, 2.24) is 4.98 Å². The van der Waals surface area contributed by atoms with Crippen LogP contribution in [-0.2, 0) is 20.9 Å². The van der Waals surface area contributed by atoms with Crippen molar-refractivity contribution in [2.45, 2.75) is 77.9 Å². The Morgan fingerprint density at radius 1 is 1.03 bits per heavy atom. The topological polar surface area (TPSA) is 97.8 Å². The first-order valence-electron chi connectivity index (χ1n) is 12.8. The zero-order valence-corrected chi connectivity index (χ0v) is 20.7. The SMILES string of the molecule is CCOc1cncc(-c2ccc(NC(=O)[C@@H]3CCCC[C@H]3C(=O)O)cc2COC2CCCC2)c1C. The molecule has 2 N–H and O–H groups in total. The number of nitrogens with zero attached hydrogens (tertiary/aromatic N) is 1. The summed E-state index contributed by atoms with van der Waals surface area (Å²) < 4.78 is 12.0. The minimum absolute atomic E-state index is 0.219. The summed E-state index contributed by atoms with van der Waals surface area (Å²) in [6.45, 7) is 4.97. The molecule has 2 aliphatic carbocycles. The van der Waals surface area contributed by atoms with Crippen molar-refractivity contribution in [3.63, 3.8) is 0 Å². The molecule has 0 saturated heterocycles. The third-order valence-electron chi connectivity index (χ3n) is 7.33. The second kappa shape index (κ2) is 11.7. The molecule has 2 saturated carbocycles. The summed E-state index contributed by atoms with van der Waals surface area (Å²) in [4.78, 5) is 29.1. The van der Waals surface area contributed by atoms with Crippen molar-refractivity contribution in [3.05, 3.63) is 41.7 Å². The number of pyridine rings is 1. The van der Waals surface area contributed by atoms with E-state index in [0.717, 1.165) is 53.7 Å². The van der Waals surface area contributed by atoms with Gasteiger partial charge in [0.05, 0.1) is 37.4 Å². The average molecular weight is 481 g/mol. The first-order chi connectivity index (χ1) is 17.0. The molecule has 0 aliphatic heterocycles. The molecule has 7 nitrogen and oxygen atoms in total. The number of benzene rings is 1. The summed E-state index contributed by atoms with van der Waals surface area (Å²) >= 11 is 0. The van der Waals surface area contributed by atoms with Crippen LogP contribution in [0.25, 0.3) is 11.1 Å². The highest BCUT2D eigenvalue weighted by atomic mass is 16.5. The monoisotopic (exact) mass is 480 g/mol. The molecule has 2 aliphatic rings. The number of carboxylic acids is 1. The summed E-state index contributed by atoms with van der Waals surface area (Å²) in [6.07, 6.45) is 11.2. The Bertz CT molecular complexity index is 1050. The van der Waals surface area contributed by atoms with E-state index in [9.17, 15) is 14.7 Å². The van der Waals surface area contributed by atoms with E-state index < -0.39 is 17.8 Å². The second-order valence-electron chi connectivity index (χ2n) is 9.66. The molecule has 1 amide bonds. The van der Waals surface area contributed by atoms with Gasteiger partial charge in [0.25, 0.3) is 0 Å². The van der Waals surface area contributed by atoms with Gasteiger partial charge in [0.1, 0.15) is 5.75 Å². The predicted octanol–water partition coefficient (Wildman–Crippen LogP) is 5.74. The molecule has 35 heavy (non-hydrogen) atoms. The van der Waals surface area contributed by atoms with Crippen LogP contribution in [0.5, 0.6) is 5.75 Å². The van der Waals surface area contributed by atoms with Crippen LogP contribution in [0.2, 0.25) is 0 Å². The minimum Gasteiger partial charge on any atom is -0.492 e. The number of carboxylic acid groups (broad SMARTS) is 1. The lowest BCUT2D eigenvalue weighted by Crippen LogP contribution is -2.36. The Hall–Kier alpha value is -2.93. The number of ether oxygens (including phenoxy) is 2. The first kappa shape index (κ1) is 25.2. The van der Waals surface area contributed by atoms with Gasteiger partial charge in [0, 0.05) is 23.0 Å². The van der Waals surface area contributed by atoms with Gasteiger partial charge in [-0.05, 0) is 62.8 Å². The molecule has 4 rings (SSSR count). The van der Waals surface area contributed by atoms with E-state index in [4.69, 9.17) is 9.47 Å². The normalized spacial score (nSPS) is 20.5. The van der Waals surface area contributed by atoms with Gasteiger partial charge in [0.15, 0.2) is 0 Å². The van der Waals surface area contributed by atoms with Gasteiger partial charge in [-0.25, -0.2) is 0 Å². The van der Waals surface area contributed by atoms with Crippen LogP contribution in [0.4, 0.5) is 5.69 Å². The number of rotatable bonds is 9. The van der Waals surface area contributed by atoms with Gasteiger partial charge >= 0.3 is 5.97 Å². The van der Waals surface area contributed by atoms with E-state index in [0.29, 0.717) is 31.7 Å². The van der Waals surface area contributed by atoms with Crippen LogP contribution >= 0.6 is 0 Å². The van der Waals surface area contributed by atoms with E-state index in [2.05, 4.69) is 10.3 Å². The molecular formula is C28H36N2O5. The van der Waals surface area contributed by atoms with Crippen LogP contribution < -0.4 is 10.1 Å². The number of hydrogen-bond acceptors (Lipinski definition) is 5. The van der Waals surface area contributed by atoms with E-state index in [1.54, 1.807) is 6.20 Å². The summed E-state index contributed by atoms with van der Waals surface area (Å²) in [7, 11) is 0. The third kappa shape index (κ3) is 6.01. The summed E-state index contributed by atoms with van der Waals surface area (Å²) in [5, 5.41) is 12.6. The molecular weight excluding hydrogens is 444 g/mol. The zero-order chi connectivity index (χ0) is 24.8. The second-order valence-corrected chi connectivity index (χ2v) is 9.66. The fraction of sp³-hybridized carbons (Fsp3) is 0.536. The van der Waals surface area contributed by atoms with Crippen LogP contribution in [0.3, 0.4) is 0 Å². The van der Waals surface area contributed by atoms with Gasteiger partial charge in [-0.3, -0.25) is 14.6 Å². The Morgan fingerprint density at radius 2 is 1.74 bits per heavy atom. The molecule has 7 heteroatoms. The van der Waals surface area contributed by atoms with Crippen molar-refractivity contribution in [2.75, 3.05) is 11.9 Å². The highest BCUT2D eigenvalue weighted by molar-refractivity contribution is 5.95. The highest BCUT2D eigenvalue weighted by Gasteiger charge is 2.35. The molecule has 0 spiro atoms. The van der Waals surface area contributed by atoms with Crippen molar-refractivity contribution in [3.8, 4) is 16.9 Å². The molecule has 1 heterocycles. The third-order valence-corrected chi connectivity index (χ3v) is 7.33. The molecule has 1 aromatic heterocycles. The molecule has 1 aromatic carbocycles. The summed E-state index contributed by atoms with van der Waals surface area (Å²) in [5.74, 6) is -1.48. The number of aliphatic carboxylic acids is 1. The van der Waals surface area contributed by atoms with Crippen LogP contribution in [0.1, 0.15) is 69.4 Å². The standard InChI is InChI=1S/C28H36N2O5/c1-3-34-26-16-29-15-25(18(26)2)22-13-12-20(14-19(22)17-35-21-8-4-5-9-21)30-27(31)23-10-6-7-11-24(23)28(32)33/h12-16,21,23-24H,3-11,17H2,1-2H3,(H,30,31)(H,32,33)/t23-,24-/m1/s1. The van der Waals surface area contributed by atoms with Crippen molar-refractivity contribution >= 4 is 17.6 Å². The van der Waals surface area contributed by atoms with E-state index in [1.165, 1.54) is 12.8 Å². The summed E-state index contributed by atoms with van der Waals surface area (Å²) in [5.41, 5.74) is 4.59. The highest BCUT2D eigenvalue weighted by Crippen LogP contribution is 2.35. The van der Waals surface area contributed by atoms with Crippen molar-refractivity contribution in [2.24, 2.45) is 11.8 Å². The lowest BCUT2D eigenvalue weighted by atomic mass is 9.78. The lowest BCUT2D eigenvalue weighted by Gasteiger charge is -2.27. The van der Waals surface area contributed by atoms with Crippen LogP contribution in [0, 0.1) is 18.8 Å². The van der Waals surface area contributed by atoms with Gasteiger partial charge in [0.2, 0.25) is 5.91 Å². The number of anilines is 1. The molecule has 0 bridgehead atoms. The number of carbonyl (C=O) groups is 2. The van der Waals surface area contributed by atoms with E-state index in [1.807, 2.05) is 38.2 Å². The van der Waals surface area contributed by atoms with Crippen LogP contribution in [-0.4, -0.2) is 34.7 Å². The zero-order valence-electron chi connectivity index (χ0n) is 20.7. The Kier molecular flexibility index (Phi) is 8.39. The van der Waals surface area contributed by atoms with Crippen LogP contribution in [0.15, 0.2) is 30.6 Å². The predicted molar refractivity (Wildman–Crippen MR) is 134 cm³/mol. The Labute approximate surface area is 207 Å². The maximum absolute atomic E-state index is 13.1. The largest absolute Gasteiger partial charge is 0.492 e. The Morgan fingerprint density at radius 3 is 2.46 bits per heavy atom. The van der Waals surface area contributed by atoms with Gasteiger partial charge in [-0.15, -0.1) is 0 Å². The number of hydrogen-bond donors (Lipinski definition) is 2. The molecule has 188 valence electrons. The fourth-order valence-corrected chi connectivity index (χ4v) is 5.37. The van der Waals surface area contributed by atoms with E-state index >= 15 is 0 Å². The van der Waals surface area contributed by atoms with Gasteiger partial charge < -0.3 is 19.9 Å². The Balaban J connectivity index is 1.61. The fourth-order valence-electron chi connectivity index (χ4n) is 5.37. The average Bonchev–Trinajstić information content (AvgIpc) is 3.38. The number of amides is 1. The van der Waals surface area contributed by atoms with Crippen molar-refractivity contribution < 1.29 is 24.2 Å². The molecule has 2 fully saturated rings. The summed E-state index contributed by atoms with van der Waals surface area (Å²) in [6, 6.07) is 5.81. The smallest absolute Gasteiger partial charge is 0.307 e.